The number of benzene rings is 1. The third kappa shape index (κ3) is 7.79. The molecule has 1 atom stereocenters. The maximum Gasteiger partial charge on any atom is 0.415 e. The first-order valence-electron chi connectivity index (χ1n) is 13.2. The predicted molar refractivity (Wildman–Crippen MR) is 147 cm³/mol. The Morgan fingerprint density at radius 2 is 1.77 bits per heavy atom. The first kappa shape index (κ1) is 29.6. The normalized spacial score (nSPS) is 14.1. The van der Waals surface area contributed by atoms with Gasteiger partial charge in [-0.2, -0.15) is 4.98 Å². The second-order valence-corrected chi connectivity index (χ2v) is 9.41. The molecule has 1 aliphatic rings. The number of carboxylic acids is 1. The Labute approximate surface area is 228 Å². The van der Waals surface area contributed by atoms with Gasteiger partial charge in [-0.05, 0) is 45.4 Å². The average molecular weight is 543 g/mol. The van der Waals surface area contributed by atoms with E-state index in [1.165, 1.54) is 11.8 Å². The van der Waals surface area contributed by atoms with Crippen LogP contribution in [0.3, 0.4) is 0 Å². The van der Waals surface area contributed by atoms with E-state index in [-0.39, 0.29) is 24.2 Å². The molecule has 12 heteroatoms. The van der Waals surface area contributed by atoms with Gasteiger partial charge in [-0.1, -0.05) is 12.1 Å². The summed E-state index contributed by atoms with van der Waals surface area (Å²) in [5.74, 6) is -0.216. The molecular weight excluding hydrogens is 504 g/mol. The van der Waals surface area contributed by atoms with E-state index in [4.69, 9.17) is 9.47 Å². The molecule has 2 heterocycles. The van der Waals surface area contributed by atoms with Crippen molar-refractivity contribution in [1.82, 2.24) is 14.9 Å². The number of carboxylic acid groups (broad SMARTS) is 1. The topological polar surface area (TPSA) is 137 Å². The van der Waals surface area contributed by atoms with Gasteiger partial charge in [0.15, 0.2) is 5.82 Å². The summed E-state index contributed by atoms with van der Waals surface area (Å²) in [4.78, 5) is 51.2. The number of hydrogen-bond acceptors (Lipinski definition) is 9. The van der Waals surface area contributed by atoms with Crippen LogP contribution in [0.4, 0.5) is 22.2 Å². The van der Waals surface area contributed by atoms with Gasteiger partial charge in [0.1, 0.15) is 17.5 Å². The van der Waals surface area contributed by atoms with Crippen molar-refractivity contribution < 1.29 is 29.0 Å². The molecule has 212 valence electrons. The number of nitrogens with zero attached hydrogens (tertiary/aromatic N) is 5. The second kappa shape index (κ2) is 13.7. The fourth-order valence-electron chi connectivity index (χ4n) is 4.32. The van der Waals surface area contributed by atoms with E-state index >= 15 is 0 Å². The molecule has 1 aromatic carbocycles. The van der Waals surface area contributed by atoms with Gasteiger partial charge in [-0.3, -0.25) is 4.79 Å². The number of ether oxygens (including phenoxy) is 2. The van der Waals surface area contributed by atoms with Crippen molar-refractivity contribution in [1.29, 1.82) is 0 Å². The predicted octanol–water partition coefficient (Wildman–Crippen LogP) is 3.02. The van der Waals surface area contributed by atoms with Crippen LogP contribution in [0.1, 0.15) is 40.2 Å². The molecule has 0 spiro atoms. The Bertz CT molecular complexity index is 1130. The molecule has 1 fully saturated rings. The Kier molecular flexibility index (Phi) is 10.4. The first-order chi connectivity index (χ1) is 18.6. The number of aliphatic carboxylic acids is 1. The number of hydrogen-bond donors (Lipinski definition) is 2. The number of carbonyl (C=O) groups is 3. The van der Waals surface area contributed by atoms with Crippen LogP contribution >= 0.6 is 0 Å². The van der Waals surface area contributed by atoms with Gasteiger partial charge in [0.25, 0.3) is 0 Å². The fourth-order valence-corrected chi connectivity index (χ4v) is 4.32. The third-order valence-corrected chi connectivity index (χ3v) is 6.36. The number of rotatable bonds is 11. The maximum atomic E-state index is 12.5. The quantitative estimate of drug-likeness (QED) is 0.436. The molecular formula is C27H38N6O6. The Morgan fingerprint density at radius 3 is 2.31 bits per heavy atom. The van der Waals surface area contributed by atoms with Crippen LogP contribution in [0.25, 0.3) is 0 Å². The van der Waals surface area contributed by atoms with E-state index in [1.54, 1.807) is 35.4 Å². The lowest BCUT2D eigenvalue weighted by Gasteiger charge is -2.29. The van der Waals surface area contributed by atoms with Gasteiger partial charge in [0, 0.05) is 45.6 Å². The highest BCUT2D eigenvalue weighted by Crippen LogP contribution is 2.29. The summed E-state index contributed by atoms with van der Waals surface area (Å²) in [6.07, 6.45) is 1.23. The molecule has 12 nitrogen and oxygen atoms in total. The van der Waals surface area contributed by atoms with Crippen molar-refractivity contribution in [2.75, 3.05) is 54.5 Å². The van der Waals surface area contributed by atoms with Crippen molar-refractivity contribution in [2.24, 2.45) is 0 Å². The summed E-state index contributed by atoms with van der Waals surface area (Å²) < 4.78 is 10.7. The number of aromatic nitrogens is 2. The highest BCUT2D eigenvalue weighted by Gasteiger charge is 2.26. The molecule has 39 heavy (non-hydrogen) atoms. The first-order valence-corrected chi connectivity index (χ1v) is 13.2. The number of nitrogens with one attached hydrogen (secondary N) is 1. The Morgan fingerprint density at radius 1 is 1.13 bits per heavy atom. The molecule has 0 saturated carbocycles. The molecule has 0 unspecified atom stereocenters. The van der Waals surface area contributed by atoms with E-state index in [2.05, 4.69) is 15.3 Å². The van der Waals surface area contributed by atoms with Crippen LogP contribution in [-0.4, -0.2) is 89.4 Å². The van der Waals surface area contributed by atoms with Crippen LogP contribution in [-0.2, 0) is 20.7 Å². The molecule has 0 bridgehead atoms. The van der Waals surface area contributed by atoms with Crippen LogP contribution in [0.2, 0.25) is 0 Å². The molecule has 0 radical (unpaired) electrons. The summed E-state index contributed by atoms with van der Waals surface area (Å²) in [7, 11) is 0. The highest BCUT2D eigenvalue weighted by atomic mass is 16.6. The van der Waals surface area contributed by atoms with Gasteiger partial charge < -0.3 is 34.6 Å². The van der Waals surface area contributed by atoms with Crippen molar-refractivity contribution in [2.45, 2.75) is 53.1 Å². The lowest BCUT2D eigenvalue weighted by atomic mass is 10.1. The van der Waals surface area contributed by atoms with Crippen LogP contribution in [0.5, 0.6) is 5.75 Å². The molecule has 0 aliphatic carbocycles. The van der Waals surface area contributed by atoms with Crippen LogP contribution in [0, 0.1) is 0 Å². The minimum absolute atomic E-state index is 0.124. The number of morpholine rings is 1. The lowest BCUT2D eigenvalue weighted by Crippen LogP contribution is -2.42. The zero-order chi connectivity index (χ0) is 28.5. The van der Waals surface area contributed by atoms with Crippen molar-refractivity contribution in [3.05, 3.63) is 36.0 Å². The number of carbonyl (C=O) groups excluding carboxylic acids is 2. The molecule has 1 saturated heterocycles. The van der Waals surface area contributed by atoms with Crippen LogP contribution in [0.15, 0.2) is 30.5 Å². The van der Waals surface area contributed by atoms with Crippen molar-refractivity contribution in [3.63, 3.8) is 0 Å². The standard InChI is InChI=1S/C27H38N6O6/c1-6-31(7-2)26-28-17-23(33(18(3)4)19(5)34)24(30-26)29-22(25(35)36)16-20-8-10-21(11-9-20)39-27(37)32-12-14-38-15-13-32/h8-11,17-18,22H,6-7,12-16H2,1-5H3,(H,35,36)(H,28,29,30)/t22-/m0/s1. The van der Waals surface area contributed by atoms with Crippen molar-refractivity contribution in [3.8, 4) is 5.75 Å². The van der Waals surface area contributed by atoms with E-state index in [0.29, 0.717) is 62.3 Å². The van der Waals surface area contributed by atoms with Gasteiger partial charge in [-0.15, -0.1) is 0 Å². The largest absolute Gasteiger partial charge is 0.480 e. The van der Waals surface area contributed by atoms with E-state index in [0.717, 1.165) is 0 Å². The number of amides is 2. The molecule has 2 amide bonds. The van der Waals surface area contributed by atoms with Crippen LogP contribution < -0.4 is 19.9 Å². The van der Waals surface area contributed by atoms with Gasteiger partial charge in [-0.25, -0.2) is 14.6 Å². The van der Waals surface area contributed by atoms with E-state index in [9.17, 15) is 19.5 Å². The molecule has 2 aromatic rings. The fraction of sp³-hybridized carbons (Fsp3) is 0.519. The smallest absolute Gasteiger partial charge is 0.415 e. The molecule has 2 N–H and O–H groups in total. The monoisotopic (exact) mass is 542 g/mol. The zero-order valence-electron chi connectivity index (χ0n) is 23.2. The third-order valence-electron chi connectivity index (χ3n) is 6.36. The molecule has 1 aliphatic heterocycles. The highest BCUT2D eigenvalue weighted by molar-refractivity contribution is 5.95. The minimum Gasteiger partial charge on any atom is -0.480 e. The Hall–Kier alpha value is -3.93. The van der Waals surface area contributed by atoms with Crippen molar-refractivity contribution >= 4 is 35.4 Å². The van der Waals surface area contributed by atoms with Gasteiger partial charge in [0.2, 0.25) is 11.9 Å². The zero-order valence-corrected chi connectivity index (χ0v) is 23.2. The summed E-state index contributed by atoms with van der Waals surface area (Å²) in [5.41, 5.74) is 1.12. The summed E-state index contributed by atoms with van der Waals surface area (Å²) >= 11 is 0. The summed E-state index contributed by atoms with van der Waals surface area (Å²) in [6.45, 7) is 12.4. The van der Waals surface area contributed by atoms with Gasteiger partial charge >= 0.3 is 12.1 Å². The van der Waals surface area contributed by atoms with E-state index < -0.39 is 18.1 Å². The SMILES string of the molecule is CCN(CC)c1ncc(N(C(C)=O)C(C)C)c(N[C@@H](Cc2ccc(OC(=O)N3CCOCC3)cc2)C(=O)O)n1. The average Bonchev–Trinajstić information content (AvgIpc) is 2.91. The van der Waals surface area contributed by atoms with E-state index in [1.807, 2.05) is 32.6 Å². The molecule has 1 aromatic heterocycles. The maximum absolute atomic E-state index is 12.5. The Balaban J connectivity index is 1.82. The minimum atomic E-state index is -1.08. The summed E-state index contributed by atoms with van der Waals surface area (Å²) in [6, 6.07) is 5.47. The summed E-state index contributed by atoms with van der Waals surface area (Å²) in [5, 5.41) is 13.1. The second-order valence-electron chi connectivity index (χ2n) is 9.41. The van der Waals surface area contributed by atoms with Gasteiger partial charge in [0.05, 0.1) is 19.4 Å². The lowest BCUT2D eigenvalue weighted by molar-refractivity contribution is -0.137. The molecule has 3 rings (SSSR count). The number of anilines is 3.